The van der Waals surface area contributed by atoms with E-state index in [1.165, 1.54) is 0 Å². The molecule has 29 heavy (non-hydrogen) atoms. The summed E-state index contributed by atoms with van der Waals surface area (Å²) in [7, 11) is -3.02. The number of aryl methyl sites for hydroxylation is 1. The van der Waals surface area contributed by atoms with Crippen LogP contribution in [-0.4, -0.2) is 19.4 Å². The molecule has 3 aromatic rings. The topological polar surface area (TPSA) is 38.8 Å². The Morgan fingerprint density at radius 2 is 1.14 bits per heavy atom. The molecule has 0 radical (unpaired) electrons. The first kappa shape index (κ1) is 21.3. The fourth-order valence-corrected chi connectivity index (χ4v) is 4.89. The van der Waals surface area contributed by atoms with Crippen LogP contribution in [0.5, 0.6) is 0 Å². The highest BCUT2D eigenvalue weighted by Gasteiger charge is 2.23. The van der Waals surface area contributed by atoms with E-state index < -0.39 is 7.60 Å². The van der Waals surface area contributed by atoms with Gasteiger partial charge in [-0.3, -0.25) is 4.57 Å². The number of hydrogen-bond donors (Lipinski definition) is 0. The largest absolute Gasteiger partial charge is 0.330 e. The SMILES string of the molecule is CCOP(=O)(CCc1ccc(N(c2ccccc2)c2ccccc2)cc1)OCC. The van der Waals surface area contributed by atoms with Gasteiger partial charge in [0, 0.05) is 17.1 Å². The first-order valence-corrected chi connectivity index (χ1v) is 11.8. The molecule has 5 heteroatoms. The fourth-order valence-electron chi connectivity index (χ4n) is 3.24. The van der Waals surface area contributed by atoms with Crippen LogP contribution in [0.3, 0.4) is 0 Å². The number of nitrogens with zero attached hydrogens (tertiary/aromatic N) is 1. The van der Waals surface area contributed by atoms with Gasteiger partial charge in [-0.15, -0.1) is 0 Å². The Bertz CT molecular complexity index is 864. The Balaban J connectivity index is 1.80. The first-order chi connectivity index (χ1) is 14.1. The van der Waals surface area contributed by atoms with Crippen LogP contribution in [0.2, 0.25) is 0 Å². The maximum absolute atomic E-state index is 12.7. The molecule has 152 valence electrons. The lowest BCUT2D eigenvalue weighted by Gasteiger charge is -2.25. The van der Waals surface area contributed by atoms with E-state index >= 15 is 0 Å². The Morgan fingerprint density at radius 1 is 0.690 bits per heavy atom. The molecule has 0 atom stereocenters. The van der Waals surface area contributed by atoms with Crippen LogP contribution < -0.4 is 4.90 Å². The number of para-hydroxylation sites is 2. The molecule has 0 heterocycles. The van der Waals surface area contributed by atoms with Crippen molar-refractivity contribution in [3.63, 3.8) is 0 Å². The molecule has 0 amide bonds. The average molecular weight is 409 g/mol. The molecule has 3 rings (SSSR count). The first-order valence-electron chi connectivity index (χ1n) is 10.0. The zero-order valence-corrected chi connectivity index (χ0v) is 17.9. The Kier molecular flexibility index (Phi) is 7.65. The molecule has 0 aliphatic carbocycles. The zero-order valence-electron chi connectivity index (χ0n) is 17.0. The molecule has 0 saturated heterocycles. The minimum Gasteiger partial charge on any atom is -0.311 e. The van der Waals surface area contributed by atoms with Crippen molar-refractivity contribution < 1.29 is 13.6 Å². The van der Waals surface area contributed by atoms with Crippen LogP contribution in [0, 0.1) is 0 Å². The fraction of sp³-hybridized carbons (Fsp3) is 0.250. The summed E-state index contributed by atoms with van der Waals surface area (Å²) in [5.41, 5.74) is 4.38. The second kappa shape index (κ2) is 10.4. The lowest BCUT2D eigenvalue weighted by Crippen LogP contribution is -2.09. The van der Waals surface area contributed by atoms with Crippen LogP contribution in [-0.2, 0) is 20.0 Å². The normalized spacial score (nSPS) is 11.4. The summed E-state index contributed by atoms with van der Waals surface area (Å²) in [5.74, 6) is 0. The second-order valence-corrected chi connectivity index (χ2v) is 8.78. The van der Waals surface area contributed by atoms with Gasteiger partial charge in [0.15, 0.2) is 0 Å². The molecule has 0 spiro atoms. The van der Waals surface area contributed by atoms with Gasteiger partial charge < -0.3 is 13.9 Å². The van der Waals surface area contributed by atoms with Crippen LogP contribution in [0.25, 0.3) is 0 Å². The van der Waals surface area contributed by atoms with E-state index in [4.69, 9.17) is 9.05 Å². The highest BCUT2D eigenvalue weighted by atomic mass is 31.2. The number of hydrogen-bond acceptors (Lipinski definition) is 4. The monoisotopic (exact) mass is 409 g/mol. The Labute approximate surface area is 173 Å². The van der Waals surface area contributed by atoms with E-state index in [0.717, 1.165) is 22.6 Å². The standard InChI is InChI=1S/C24H28NO3P/c1-3-27-29(26,28-4-2)20-19-21-15-17-24(18-16-21)25(22-11-7-5-8-12-22)23-13-9-6-10-14-23/h5-18H,3-4,19-20H2,1-2H3. The summed E-state index contributed by atoms with van der Waals surface area (Å²) in [6.45, 7) is 4.45. The molecule has 4 nitrogen and oxygen atoms in total. The van der Waals surface area contributed by atoms with Gasteiger partial charge in [0.2, 0.25) is 0 Å². The Hall–Kier alpha value is -2.39. The van der Waals surface area contributed by atoms with E-state index in [1.54, 1.807) is 0 Å². The van der Waals surface area contributed by atoms with Gasteiger partial charge in [-0.25, -0.2) is 0 Å². The second-order valence-electron chi connectivity index (χ2n) is 6.59. The molecule has 3 aromatic carbocycles. The van der Waals surface area contributed by atoms with Crippen LogP contribution in [0.15, 0.2) is 84.9 Å². The van der Waals surface area contributed by atoms with Crippen molar-refractivity contribution in [1.82, 2.24) is 0 Å². The van der Waals surface area contributed by atoms with Crippen molar-refractivity contribution in [2.45, 2.75) is 20.3 Å². The van der Waals surface area contributed by atoms with Gasteiger partial charge in [-0.1, -0.05) is 48.5 Å². The summed E-state index contributed by atoms with van der Waals surface area (Å²) < 4.78 is 23.5. The van der Waals surface area contributed by atoms with E-state index in [-0.39, 0.29) is 0 Å². The third kappa shape index (κ3) is 5.80. The van der Waals surface area contributed by atoms with Crippen molar-refractivity contribution in [3.8, 4) is 0 Å². The minimum atomic E-state index is -3.02. The van der Waals surface area contributed by atoms with E-state index in [2.05, 4.69) is 53.4 Å². The zero-order chi connectivity index (χ0) is 20.5. The predicted octanol–water partition coefficient (Wildman–Crippen LogP) is 6.97. The van der Waals surface area contributed by atoms with Gasteiger partial charge in [0.05, 0.1) is 19.4 Å². The molecule has 0 unspecified atom stereocenters. The molecule has 0 aliphatic rings. The molecule has 0 fully saturated rings. The van der Waals surface area contributed by atoms with Crippen molar-refractivity contribution in [2.75, 3.05) is 24.3 Å². The van der Waals surface area contributed by atoms with Crippen LogP contribution in [0.4, 0.5) is 17.1 Å². The summed E-state index contributed by atoms with van der Waals surface area (Å²) in [5, 5.41) is 0. The third-order valence-corrected chi connectivity index (χ3v) is 6.62. The molecule has 0 bridgehead atoms. The van der Waals surface area contributed by atoms with E-state index in [1.807, 2.05) is 50.2 Å². The molecule has 0 saturated carbocycles. The maximum atomic E-state index is 12.7. The highest BCUT2D eigenvalue weighted by Crippen LogP contribution is 2.48. The average Bonchev–Trinajstić information content (AvgIpc) is 2.75. The van der Waals surface area contributed by atoms with Crippen molar-refractivity contribution in [1.29, 1.82) is 0 Å². The van der Waals surface area contributed by atoms with Crippen molar-refractivity contribution in [2.24, 2.45) is 0 Å². The predicted molar refractivity (Wildman–Crippen MR) is 121 cm³/mol. The van der Waals surface area contributed by atoms with Crippen LogP contribution in [0.1, 0.15) is 19.4 Å². The summed E-state index contributed by atoms with van der Waals surface area (Å²) in [6, 6.07) is 29.0. The minimum absolute atomic E-state index is 0.384. The summed E-state index contributed by atoms with van der Waals surface area (Å²) in [6.07, 6.45) is 1.03. The number of benzene rings is 3. The van der Waals surface area contributed by atoms with Gasteiger partial charge >= 0.3 is 7.60 Å². The molecular formula is C24H28NO3P. The quantitative estimate of drug-likeness (QED) is 0.339. The molecule has 0 aliphatic heterocycles. The van der Waals surface area contributed by atoms with Gasteiger partial charge in [-0.2, -0.15) is 0 Å². The number of anilines is 3. The van der Waals surface area contributed by atoms with Gasteiger partial charge in [0.25, 0.3) is 0 Å². The molecule has 0 aromatic heterocycles. The number of rotatable bonds is 10. The Morgan fingerprint density at radius 3 is 1.59 bits per heavy atom. The smallest absolute Gasteiger partial charge is 0.311 e. The molecule has 0 N–H and O–H groups in total. The van der Waals surface area contributed by atoms with Crippen molar-refractivity contribution in [3.05, 3.63) is 90.5 Å². The van der Waals surface area contributed by atoms with Gasteiger partial charge in [0.1, 0.15) is 0 Å². The lowest BCUT2D eigenvalue weighted by atomic mass is 10.1. The maximum Gasteiger partial charge on any atom is 0.330 e. The van der Waals surface area contributed by atoms with E-state index in [0.29, 0.717) is 25.8 Å². The van der Waals surface area contributed by atoms with Crippen LogP contribution >= 0.6 is 7.60 Å². The highest BCUT2D eigenvalue weighted by molar-refractivity contribution is 7.53. The molecular weight excluding hydrogens is 381 g/mol. The van der Waals surface area contributed by atoms with Gasteiger partial charge in [-0.05, 0) is 62.2 Å². The van der Waals surface area contributed by atoms with Crippen molar-refractivity contribution >= 4 is 24.7 Å². The third-order valence-electron chi connectivity index (χ3n) is 4.55. The van der Waals surface area contributed by atoms with E-state index in [9.17, 15) is 4.57 Å². The summed E-state index contributed by atoms with van der Waals surface area (Å²) >= 11 is 0. The lowest BCUT2D eigenvalue weighted by molar-refractivity contribution is 0.220. The summed E-state index contributed by atoms with van der Waals surface area (Å²) in [4.78, 5) is 2.22.